The van der Waals surface area contributed by atoms with E-state index in [4.69, 9.17) is 0 Å². The van der Waals surface area contributed by atoms with Gasteiger partial charge in [0, 0.05) is 0 Å². The quantitative estimate of drug-likeness (QED) is 0.921. The molecule has 1 aromatic carbocycles. The van der Waals surface area contributed by atoms with Crippen molar-refractivity contribution in [3.63, 3.8) is 0 Å². The minimum atomic E-state index is -0.377. The van der Waals surface area contributed by atoms with Gasteiger partial charge in [0.2, 0.25) is 5.91 Å². The number of rotatable bonds is 3. The monoisotopic (exact) mass is 278 g/mol. The average molecular weight is 278 g/mol. The van der Waals surface area contributed by atoms with Crippen molar-refractivity contribution in [3.05, 3.63) is 29.6 Å². The van der Waals surface area contributed by atoms with Crippen LogP contribution in [0.1, 0.15) is 32.3 Å². The molecule has 1 atom stereocenters. The molecule has 20 heavy (non-hydrogen) atoms. The Hall–Kier alpha value is -1.42. The van der Waals surface area contributed by atoms with Crippen LogP contribution in [-0.4, -0.2) is 29.9 Å². The molecule has 1 unspecified atom stereocenters. The topological polar surface area (TPSA) is 32.3 Å². The van der Waals surface area contributed by atoms with Crippen LogP contribution in [0.25, 0.3) is 0 Å². The Morgan fingerprint density at radius 1 is 1.40 bits per heavy atom. The molecule has 1 amide bonds. The molecule has 0 aromatic heterocycles. The lowest BCUT2D eigenvalue weighted by molar-refractivity contribution is -0.121. The van der Waals surface area contributed by atoms with Gasteiger partial charge < -0.3 is 5.32 Å². The number of piperidine rings is 1. The number of nitrogens with one attached hydrogen (secondary N) is 1. The van der Waals surface area contributed by atoms with Crippen LogP contribution < -0.4 is 5.32 Å². The van der Waals surface area contributed by atoms with Gasteiger partial charge in [-0.3, -0.25) is 9.69 Å². The highest BCUT2D eigenvalue weighted by molar-refractivity contribution is 5.94. The van der Waals surface area contributed by atoms with Gasteiger partial charge in [0.25, 0.3) is 0 Å². The summed E-state index contributed by atoms with van der Waals surface area (Å²) in [5, 5.41) is 2.69. The zero-order chi connectivity index (χ0) is 14.7. The Kier molecular flexibility index (Phi) is 4.76. The summed E-state index contributed by atoms with van der Waals surface area (Å²) in [5.41, 5.74) is 1.11. The molecule has 1 aromatic rings. The van der Waals surface area contributed by atoms with Gasteiger partial charge in [-0.2, -0.15) is 0 Å². The first-order chi connectivity index (χ1) is 9.47. The largest absolute Gasteiger partial charge is 0.322 e. The minimum Gasteiger partial charge on any atom is -0.322 e. The van der Waals surface area contributed by atoms with E-state index in [0.717, 1.165) is 37.4 Å². The maximum Gasteiger partial charge on any atom is 0.241 e. The molecule has 1 heterocycles. The summed E-state index contributed by atoms with van der Waals surface area (Å²) in [6.07, 6.45) is 2.24. The van der Waals surface area contributed by atoms with Crippen LogP contribution in [0.4, 0.5) is 10.1 Å². The Morgan fingerprint density at radius 2 is 2.05 bits per heavy atom. The predicted molar refractivity (Wildman–Crippen MR) is 79.2 cm³/mol. The molecule has 0 saturated carbocycles. The molecule has 2 rings (SSSR count). The molecule has 4 heteroatoms. The van der Waals surface area contributed by atoms with Crippen LogP contribution in [0.2, 0.25) is 0 Å². The van der Waals surface area contributed by atoms with Gasteiger partial charge in [0.1, 0.15) is 5.82 Å². The second-order valence-corrected chi connectivity index (χ2v) is 5.87. The molecule has 1 N–H and O–H groups in total. The summed E-state index contributed by atoms with van der Waals surface area (Å²) in [7, 11) is 0. The van der Waals surface area contributed by atoms with E-state index in [1.54, 1.807) is 12.1 Å². The first-order valence-corrected chi connectivity index (χ1v) is 7.28. The van der Waals surface area contributed by atoms with Crippen LogP contribution in [0, 0.1) is 18.7 Å². The smallest absolute Gasteiger partial charge is 0.241 e. The first kappa shape index (κ1) is 15.0. The fraction of sp³-hybridized carbons (Fsp3) is 0.562. The Bertz CT molecular complexity index is 481. The zero-order valence-electron chi connectivity index (χ0n) is 12.4. The summed E-state index contributed by atoms with van der Waals surface area (Å²) >= 11 is 0. The standard InChI is InChI=1S/C16H23FN2O/c1-11-6-8-19(9-7-11)13(3)16(20)18-15-5-4-12(2)10-14(15)17/h4-5,10-11,13H,6-9H2,1-3H3,(H,18,20). The second-order valence-electron chi connectivity index (χ2n) is 5.87. The van der Waals surface area contributed by atoms with E-state index in [1.807, 2.05) is 13.8 Å². The molecule has 1 fully saturated rings. The Labute approximate surface area is 120 Å². The van der Waals surface area contributed by atoms with Gasteiger partial charge in [0.15, 0.2) is 0 Å². The van der Waals surface area contributed by atoms with Gasteiger partial charge in [-0.1, -0.05) is 13.0 Å². The van der Waals surface area contributed by atoms with Crippen LogP contribution in [0.15, 0.2) is 18.2 Å². The third-order valence-electron chi connectivity index (χ3n) is 4.13. The Morgan fingerprint density at radius 3 is 2.65 bits per heavy atom. The highest BCUT2D eigenvalue weighted by Gasteiger charge is 2.25. The summed E-state index contributed by atoms with van der Waals surface area (Å²) in [4.78, 5) is 14.4. The number of hydrogen-bond donors (Lipinski definition) is 1. The van der Waals surface area contributed by atoms with Gasteiger partial charge in [-0.05, 0) is 63.4 Å². The van der Waals surface area contributed by atoms with Crippen LogP contribution in [0.3, 0.4) is 0 Å². The Balaban J connectivity index is 1.97. The number of benzene rings is 1. The third-order valence-corrected chi connectivity index (χ3v) is 4.13. The fourth-order valence-corrected chi connectivity index (χ4v) is 2.54. The van der Waals surface area contributed by atoms with Crippen molar-refractivity contribution in [1.29, 1.82) is 0 Å². The van der Waals surface area contributed by atoms with E-state index >= 15 is 0 Å². The molecule has 1 aliphatic rings. The predicted octanol–water partition coefficient (Wildman–Crippen LogP) is 3.19. The van der Waals surface area contributed by atoms with Gasteiger partial charge in [-0.25, -0.2) is 4.39 Å². The first-order valence-electron chi connectivity index (χ1n) is 7.28. The molecule has 0 bridgehead atoms. The zero-order valence-corrected chi connectivity index (χ0v) is 12.4. The highest BCUT2D eigenvalue weighted by Crippen LogP contribution is 2.20. The number of hydrogen-bond acceptors (Lipinski definition) is 2. The summed E-state index contributed by atoms with van der Waals surface area (Å²) in [5.74, 6) is 0.219. The lowest BCUT2D eigenvalue weighted by Crippen LogP contribution is -2.45. The van der Waals surface area contributed by atoms with E-state index in [-0.39, 0.29) is 23.5 Å². The molecule has 1 aliphatic heterocycles. The van der Waals surface area contributed by atoms with E-state index in [2.05, 4.69) is 17.1 Å². The molecule has 0 spiro atoms. The highest BCUT2D eigenvalue weighted by atomic mass is 19.1. The number of carbonyl (C=O) groups is 1. The lowest BCUT2D eigenvalue weighted by atomic mass is 9.98. The van der Waals surface area contributed by atoms with Crippen LogP contribution in [-0.2, 0) is 4.79 Å². The van der Waals surface area contributed by atoms with Gasteiger partial charge >= 0.3 is 0 Å². The van der Waals surface area contributed by atoms with Crippen molar-refractivity contribution in [1.82, 2.24) is 4.90 Å². The SMILES string of the molecule is Cc1ccc(NC(=O)C(C)N2CCC(C)CC2)c(F)c1. The van der Waals surface area contributed by atoms with Crippen molar-refractivity contribution in [2.45, 2.75) is 39.7 Å². The average Bonchev–Trinajstić information content (AvgIpc) is 2.42. The number of anilines is 1. The van der Waals surface area contributed by atoms with E-state index in [9.17, 15) is 9.18 Å². The van der Waals surface area contributed by atoms with E-state index < -0.39 is 0 Å². The number of amides is 1. The fourth-order valence-electron chi connectivity index (χ4n) is 2.54. The van der Waals surface area contributed by atoms with Crippen molar-refractivity contribution in [2.75, 3.05) is 18.4 Å². The maximum absolute atomic E-state index is 13.7. The van der Waals surface area contributed by atoms with Gasteiger partial charge in [0.05, 0.1) is 11.7 Å². The van der Waals surface area contributed by atoms with Crippen LogP contribution >= 0.6 is 0 Å². The molecule has 0 radical (unpaired) electrons. The lowest BCUT2D eigenvalue weighted by Gasteiger charge is -2.34. The molecule has 3 nitrogen and oxygen atoms in total. The molecular formula is C16H23FN2O. The number of aryl methyl sites for hydroxylation is 1. The normalized spacial score (nSPS) is 18.8. The molecule has 1 saturated heterocycles. The summed E-state index contributed by atoms with van der Waals surface area (Å²) < 4.78 is 13.7. The minimum absolute atomic E-state index is 0.137. The maximum atomic E-state index is 13.7. The number of likely N-dealkylation sites (tertiary alicyclic amines) is 1. The number of halogens is 1. The van der Waals surface area contributed by atoms with E-state index in [1.165, 1.54) is 6.07 Å². The van der Waals surface area contributed by atoms with Crippen LogP contribution in [0.5, 0.6) is 0 Å². The van der Waals surface area contributed by atoms with Gasteiger partial charge in [-0.15, -0.1) is 0 Å². The molecule has 110 valence electrons. The second kappa shape index (κ2) is 6.35. The van der Waals surface area contributed by atoms with Crippen molar-refractivity contribution in [2.24, 2.45) is 5.92 Å². The summed E-state index contributed by atoms with van der Waals surface area (Å²) in [6.45, 7) is 7.83. The third kappa shape index (κ3) is 3.57. The number of nitrogens with zero attached hydrogens (tertiary/aromatic N) is 1. The van der Waals surface area contributed by atoms with Crippen molar-refractivity contribution >= 4 is 11.6 Å². The molecule has 0 aliphatic carbocycles. The number of carbonyl (C=O) groups excluding carboxylic acids is 1. The van der Waals surface area contributed by atoms with E-state index in [0.29, 0.717) is 0 Å². The van der Waals surface area contributed by atoms with Crippen molar-refractivity contribution in [3.8, 4) is 0 Å². The van der Waals surface area contributed by atoms with Crippen molar-refractivity contribution < 1.29 is 9.18 Å². The summed E-state index contributed by atoms with van der Waals surface area (Å²) in [6, 6.07) is 4.63. The molecular weight excluding hydrogens is 255 g/mol.